The van der Waals surface area contributed by atoms with Crippen LogP contribution in [0.4, 0.5) is 0 Å². The van der Waals surface area contributed by atoms with E-state index in [2.05, 4.69) is 0 Å². The number of esters is 2. The molecule has 0 aliphatic heterocycles. The SMILES string of the molecule is CC.CCC(=O)OCC(C)(COC(=O)C(C)(C)C)N(C)OC(C)c1ccccc1. The largest absolute Gasteiger partial charge is 0.463 e. The van der Waals surface area contributed by atoms with Gasteiger partial charge in [-0.3, -0.25) is 14.4 Å². The number of likely N-dealkylation sites (N-methyl/N-ethyl adjacent to an activating group) is 1. The fourth-order valence-electron chi connectivity index (χ4n) is 2.15. The molecule has 6 nitrogen and oxygen atoms in total. The van der Waals surface area contributed by atoms with Crippen molar-refractivity contribution in [3.8, 4) is 0 Å². The van der Waals surface area contributed by atoms with Crippen LogP contribution in [-0.2, 0) is 23.9 Å². The predicted octanol–water partition coefficient (Wildman–Crippen LogP) is 4.94. The van der Waals surface area contributed by atoms with Crippen molar-refractivity contribution in [3.05, 3.63) is 35.9 Å². The van der Waals surface area contributed by atoms with Crippen LogP contribution in [0.1, 0.15) is 73.5 Å². The smallest absolute Gasteiger partial charge is 0.311 e. The van der Waals surface area contributed by atoms with E-state index in [4.69, 9.17) is 14.3 Å². The van der Waals surface area contributed by atoms with E-state index in [9.17, 15) is 9.59 Å². The normalized spacial score (nSPS) is 14.3. The number of nitrogens with zero attached hydrogens (tertiary/aromatic N) is 1. The van der Waals surface area contributed by atoms with Gasteiger partial charge in [-0.1, -0.05) is 51.1 Å². The Hall–Kier alpha value is -1.92. The van der Waals surface area contributed by atoms with Gasteiger partial charge in [0.25, 0.3) is 0 Å². The van der Waals surface area contributed by atoms with Crippen LogP contribution in [0.25, 0.3) is 0 Å². The highest BCUT2D eigenvalue weighted by Gasteiger charge is 2.36. The van der Waals surface area contributed by atoms with Crippen molar-refractivity contribution in [3.63, 3.8) is 0 Å². The van der Waals surface area contributed by atoms with Gasteiger partial charge in [0.05, 0.1) is 5.41 Å². The Kier molecular flexibility index (Phi) is 11.8. The fourth-order valence-corrected chi connectivity index (χ4v) is 2.15. The lowest BCUT2D eigenvalue weighted by Crippen LogP contribution is -2.52. The van der Waals surface area contributed by atoms with Crippen molar-refractivity contribution in [2.75, 3.05) is 20.3 Å². The number of benzene rings is 1. The minimum absolute atomic E-state index is 0.0398. The molecule has 2 atom stereocenters. The fraction of sp³-hybridized carbons (Fsp3) is 0.652. The standard InChI is InChI=1S/C21H33NO5.C2H6/c1-8-18(23)25-14-21(6,15-26-19(24)20(3,4)5)22(7)27-16(2)17-12-10-9-11-13-17;1-2/h9-13,16H,8,14-15H2,1-7H3;1-2H3. The molecule has 0 N–H and O–H groups in total. The zero-order valence-corrected chi connectivity index (χ0v) is 19.6. The monoisotopic (exact) mass is 409 g/mol. The Labute approximate surface area is 176 Å². The number of carbonyl (C=O) groups excluding carboxylic acids is 2. The summed E-state index contributed by atoms with van der Waals surface area (Å²) in [6, 6.07) is 9.80. The molecule has 0 aliphatic carbocycles. The molecule has 0 aliphatic rings. The topological polar surface area (TPSA) is 65.1 Å². The van der Waals surface area contributed by atoms with E-state index in [1.165, 1.54) is 0 Å². The van der Waals surface area contributed by atoms with Crippen LogP contribution in [0.2, 0.25) is 0 Å². The number of hydrogen-bond donors (Lipinski definition) is 0. The van der Waals surface area contributed by atoms with Gasteiger partial charge in [-0.2, -0.15) is 5.06 Å². The summed E-state index contributed by atoms with van der Waals surface area (Å²) in [5.74, 6) is -0.632. The summed E-state index contributed by atoms with van der Waals surface area (Å²) in [5, 5.41) is 1.61. The molecule has 0 radical (unpaired) electrons. The van der Waals surface area contributed by atoms with Crippen LogP contribution in [-0.4, -0.2) is 42.8 Å². The van der Waals surface area contributed by atoms with E-state index >= 15 is 0 Å². The van der Waals surface area contributed by atoms with E-state index in [0.29, 0.717) is 0 Å². The molecule has 0 fully saturated rings. The molecule has 0 spiro atoms. The summed E-state index contributed by atoms with van der Waals surface area (Å²) >= 11 is 0. The van der Waals surface area contributed by atoms with Crippen LogP contribution in [0.15, 0.2) is 30.3 Å². The average Bonchev–Trinajstić information content (AvgIpc) is 2.71. The lowest BCUT2D eigenvalue weighted by molar-refractivity contribution is -0.252. The van der Waals surface area contributed by atoms with E-state index in [1.807, 2.05) is 58.0 Å². The zero-order valence-electron chi connectivity index (χ0n) is 19.6. The maximum absolute atomic E-state index is 12.2. The number of rotatable bonds is 9. The molecule has 0 bridgehead atoms. The summed E-state index contributed by atoms with van der Waals surface area (Å²) in [4.78, 5) is 29.9. The third kappa shape index (κ3) is 9.41. The molecule has 2 unspecified atom stereocenters. The Bertz CT molecular complexity index is 611. The third-order valence-corrected chi connectivity index (χ3v) is 4.30. The van der Waals surface area contributed by atoms with E-state index < -0.39 is 11.0 Å². The van der Waals surface area contributed by atoms with Gasteiger partial charge in [0, 0.05) is 13.5 Å². The lowest BCUT2D eigenvalue weighted by atomic mass is 9.97. The van der Waals surface area contributed by atoms with Crippen molar-refractivity contribution in [1.29, 1.82) is 0 Å². The predicted molar refractivity (Wildman–Crippen MR) is 115 cm³/mol. The summed E-state index contributed by atoms with van der Waals surface area (Å²) in [5.41, 5.74) is -0.420. The second kappa shape index (κ2) is 12.6. The maximum atomic E-state index is 12.2. The van der Waals surface area contributed by atoms with Gasteiger partial charge in [0.15, 0.2) is 0 Å². The van der Waals surface area contributed by atoms with Crippen molar-refractivity contribution >= 4 is 11.9 Å². The highest BCUT2D eigenvalue weighted by atomic mass is 16.7. The van der Waals surface area contributed by atoms with Gasteiger partial charge in [0.1, 0.15) is 24.9 Å². The number of carbonyl (C=O) groups is 2. The van der Waals surface area contributed by atoms with E-state index in [1.54, 1.807) is 39.8 Å². The molecule has 0 saturated carbocycles. The van der Waals surface area contributed by atoms with Gasteiger partial charge in [-0.15, -0.1) is 0 Å². The van der Waals surface area contributed by atoms with Crippen molar-refractivity contribution in [1.82, 2.24) is 5.06 Å². The number of hydrogen-bond acceptors (Lipinski definition) is 6. The molecule has 0 amide bonds. The van der Waals surface area contributed by atoms with Crippen LogP contribution < -0.4 is 0 Å². The first-order chi connectivity index (χ1) is 13.5. The second-order valence-electron chi connectivity index (χ2n) is 7.99. The summed E-state index contributed by atoms with van der Waals surface area (Å²) in [7, 11) is 1.75. The second-order valence-corrected chi connectivity index (χ2v) is 7.99. The molecular formula is C23H39NO5. The van der Waals surface area contributed by atoms with E-state index in [-0.39, 0.29) is 37.7 Å². The van der Waals surface area contributed by atoms with Gasteiger partial charge in [0.2, 0.25) is 0 Å². The molecule has 6 heteroatoms. The molecule has 0 saturated heterocycles. The van der Waals surface area contributed by atoms with Crippen molar-refractivity contribution in [2.45, 2.75) is 73.5 Å². The van der Waals surface area contributed by atoms with Gasteiger partial charge in [-0.25, -0.2) is 0 Å². The Morgan fingerprint density at radius 1 is 1.00 bits per heavy atom. The lowest BCUT2D eigenvalue weighted by Gasteiger charge is -2.38. The molecule has 1 aromatic carbocycles. The first kappa shape index (κ1) is 27.1. The molecule has 166 valence electrons. The Morgan fingerprint density at radius 3 is 2.00 bits per heavy atom. The number of hydroxylamine groups is 2. The van der Waals surface area contributed by atoms with Gasteiger partial charge >= 0.3 is 11.9 Å². The molecular weight excluding hydrogens is 370 g/mol. The van der Waals surface area contributed by atoms with Gasteiger partial charge in [-0.05, 0) is 40.2 Å². The van der Waals surface area contributed by atoms with E-state index in [0.717, 1.165) is 5.56 Å². The van der Waals surface area contributed by atoms with Crippen LogP contribution in [0.5, 0.6) is 0 Å². The maximum Gasteiger partial charge on any atom is 0.311 e. The molecule has 1 rings (SSSR count). The Morgan fingerprint density at radius 2 is 1.52 bits per heavy atom. The van der Waals surface area contributed by atoms with Crippen LogP contribution in [0, 0.1) is 5.41 Å². The van der Waals surface area contributed by atoms with Crippen molar-refractivity contribution < 1.29 is 23.9 Å². The molecule has 1 aromatic rings. The first-order valence-electron chi connectivity index (χ1n) is 10.3. The summed E-state index contributed by atoms with van der Waals surface area (Å²) in [6.07, 6.45) is 0.0683. The average molecular weight is 410 g/mol. The minimum atomic E-state index is -0.825. The summed E-state index contributed by atoms with van der Waals surface area (Å²) < 4.78 is 10.8. The van der Waals surface area contributed by atoms with Crippen LogP contribution in [0.3, 0.4) is 0 Å². The highest BCUT2D eigenvalue weighted by Crippen LogP contribution is 2.24. The molecule has 29 heavy (non-hydrogen) atoms. The van der Waals surface area contributed by atoms with Crippen molar-refractivity contribution in [2.24, 2.45) is 5.41 Å². The minimum Gasteiger partial charge on any atom is -0.463 e. The zero-order chi connectivity index (χ0) is 22.7. The number of ether oxygens (including phenoxy) is 2. The first-order valence-corrected chi connectivity index (χ1v) is 10.3. The highest BCUT2D eigenvalue weighted by molar-refractivity contribution is 5.75. The Balaban J connectivity index is 0.00000379. The summed E-state index contributed by atoms with van der Waals surface area (Å²) in [6.45, 7) is 15.0. The third-order valence-electron chi connectivity index (χ3n) is 4.30. The van der Waals surface area contributed by atoms with Gasteiger partial charge < -0.3 is 9.47 Å². The molecule has 0 aromatic heterocycles. The quantitative estimate of drug-likeness (QED) is 0.425. The van der Waals surface area contributed by atoms with Crippen LogP contribution >= 0.6 is 0 Å². The molecule has 0 heterocycles.